The molecule has 0 radical (unpaired) electrons. The third-order valence-corrected chi connectivity index (χ3v) is 8.96. The van der Waals surface area contributed by atoms with E-state index in [-0.39, 0.29) is 17.6 Å². The van der Waals surface area contributed by atoms with Crippen molar-refractivity contribution in [3.05, 3.63) is 86.6 Å². The molecular weight excluding hydrogens is 478 g/mol. The SMILES string of the molecule is CCc1cc(C)cc(CC)c1C1=C(OCc2ccccc2)C2CC(COc3nc(C)c(C)s3)CC2C1=O. The van der Waals surface area contributed by atoms with Gasteiger partial charge in [-0.25, -0.2) is 4.98 Å². The number of benzene rings is 2. The third kappa shape index (κ3) is 5.11. The number of aryl methyl sites for hydroxylation is 5. The van der Waals surface area contributed by atoms with Gasteiger partial charge in [0.25, 0.3) is 5.19 Å². The first-order valence-electron chi connectivity index (χ1n) is 13.5. The number of rotatable bonds is 9. The zero-order valence-corrected chi connectivity index (χ0v) is 23.4. The van der Waals surface area contributed by atoms with Crippen LogP contribution in [0.25, 0.3) is 5.57 Å². The van der Waals surface area contributed by atoms with Crippen molar-refractivity contribution >= 4 is 22.7 Å². The van der Waals surface area contributed by atoms with Crippen molar-refractivity contribution in [1.82, 2.24) is 4.98 Å². The zero-order chi connectivity index (χ0) is 26.1. The molecule has 0 aliphatic heterocycles. The van der Waals surface area contributed by atoms with Gasteiger partial charge in [-0.2, -0.15) is 0 Å². The van der Waals surface area contributed by atoms with Gasteiger partial charge in [-0.1, -0.05) is 73.2 Å². The molecule has 3 unspecified atom stereocenters. The van der Waals surface area contributed by atoms with Crippen LogP contribution in [0.15, 0.2) is 48.2 Å². The fourth-order valence-electron chi connectivity index (χ4n) is 6.03. The van der Waals surface area contributed by atoms with Crippen LogP contribution in [0.4, 0.5) is 0 Å². The van der Waals surface area contributed by atoms with Gasteiger partial charge in [0.1, 0.15) is 12.4 Å². The monoisotopic (exact) mass is 515 g/mol. The van der Waals surface area contributed by atoms with Crippen LogP contribution in [0.5, 0.6) is 5.19 Å². The average molecular weight is 516 g/mol. The molecule has 0 amide bonds. The maximum Gasteiger partial charge on any atom is 0.273 e. The number of thiazole rings is 1. The predicted octanol–water partition coefficient (Wildman–Crippen LogP) is 7.43. The summed E-state index contributed by atoms with van der Waals surface area (Å²) in [6.45, 7) is 11.7. The number of allylic oxidation sites excluding steroid dienone is 2. The van der Waals surface area contributed by atoms with Gasteiger partial charge in [-0.3, -0.25) is 4.79 Å². The van der Waals surface area contributed by atoms with Gasteiger partial charge < -0.3 is 9.47 Å². The molecule has 3 aromatic rings. The van der Waals surface area contributed by atoms with Crippen LogP contribution in [-0.4, -0.2) is 17.4 Å². The molecule has 2 aliphatic carbocycles. The second-order valence-electron chi connectivity index (χ2n) is 10.5. The first-order valence-corrected chi connectivity index (χ1v) is 14.4. The fourth-order valence-corrected chi connectivity index (χ4v) is 6.79. The van der Waals surface area contributed by atoms with E-state index in [0.717, 1.165) is 59.0 Å². The van der Waals surface area contributed by atoms with Crippen LogP contribution in [0, 0.1) is 38.5 Å². The first kappa shape index (κ1) is 25.7. The fraction of sp³-hybridized carbons (Fsp3) is 0.438. The number of ether oxygens (including phenoxy) is 2. The Bertz CT molecular complexity index is 1280. The lowest BCUT2D eigenvalue weighted by atomic mass is 9.87. The maximum atomic E-state index is 14.1. The summed E-state index contributed by atoms with van der Waals surface area (Å²) >= 11 is 1.60. The molecule has 5 rings (SSSR count). The summed E-state index contributed by atoms with van der Waals surface area (Å²) in [5, 5.41) is 0.731. The summed E-state index contributed by atoms with van der Waals surface area (Å²) in [5.74, 6) is 1.54. The maximum absolute atomic E-state index is 14.1. The van der Waals surface area contributed by atoms with Gasteiger partial charge in [0.05, 0.1) is 17.9 Å². The quantitative estimate of drug-likeness (QED) is 0.297. The molecule has 0 N–H and O–H groups in total. The Morgan fingerprint density at radius 1 is 0.946 bits per heavy atom. The molecule has 1 fully saturated rings. The smallest absolute Gasteiger partial charge is 0.273 e. The highest BCUT2D eigenvalue weighted by molar-refractivity contribution is 7.13. The van der Waals surface area contributed by atoms with Crippen LogP contribution < -0.4 is 4.74 Å². The summed E-state index contributed by atoms with van der Waals surface area (Å²) in [5.41, 5.74) is 7.85. The van der Waals surface area contributed by atoms with Gasteiger partial charge in [0, 0.05) is 16.7 Å². The molecule has 5 heteroatoms. The van der Waals surface area contributed by atoms with Crippen molar-refractivity contribution in [3.8, 4) is 5.19 Å². The molecule has 4 nitrogen and oxygen atoms in total. The van der Waals surface area contributed by atoms with Gasteiger partial charge in [-0.15, -0.1) is 0 Å². The van der Waals surface area contributed by atoms with E-state index < -0.39 is 0 Å². The van der Waals surface area contributed by atoms with E-state index in [4.69, 9.17) is 9.47 Å². The lowest BCUT2D eigenvalue weighted by Gasteiger charge is -2.20. The molecule has 2 aliphatic rings. The number of fused-ring (bicyclic) bond motifs is 1. The average Bonchev–Trinajstić information content (AvgIpc) is 3.54. The number of hydrogen-bond donors (Lipinski definition) is 0. The van der Waals surface area contributed by atoms with Gasteiger partial charge in [0.15, 0.2) is 5.78 Å². The third-order valence-electron chi connectivity index (χ3n) is 7.97. The number of carbonyl (C=O) groups excluding carboxylic acids is 1. The largest absolute Gasteiger partial charge is 0.492 e. The van der Waals surface area contributed by atoms with E-state index in [1.54, 1.807) is 11.3 Å². The van der Waals surface area contributed by atoms with Crippen LogP contribution >= 0.6 is 11.3 Å². The number of Topliss-reactive ketones (excluding diaryl/α,β-unsaturated/α-hetero) is 1. The highest BCUT2D eigenvalue weighted by Crippen LogP contribution is 2.52. The van der Waals surface area contributed by atoms with E-state index in [9.17, 15) is 4.79 Å². The molecule has 1 aromatic heterocycles. The highest BCUT2D eigenvalue weighted by Gasteiger charge is 2.50. The molecule has 37 heavy (non-hydrogen) atoms. The second-order valence-corrected chi connectivity index (χ2v) is 11.7. The molecule has 1 saturated carbocycles. The van der Waals surface area contributed by atoms with Crippen molar-refractivity contribution in [2.24, 2.45) is 17.8 Å². The van der Waals surface area contributed by atoms with Crippen LogP contribution in [0.2, 0.25) is 0 Å². The second kappa shape index (κ2) is 10.8. The van der Waals surface area contributed by atoms with Gasteiger partial charge in [-0.05, 0) is 74.6 Å². The molecule has 2 aromatic carbocycles. The van der Waals surface area contributed by atoms with Crippen molar-refractivity contribution in [1.29, 1.82) is 0 Å². The van der Waals surface area contributed by atoms with Gasteiger partial charge in [0.2, 0.25) is 0 Å². The van der Waals surface area contributed by atoms with Crippen molar-refractivity contribution in [3.63, 3.8) is 0 Å². The molecule has 0 spiro atoms. The standard InChI is InChI=1S/C32H37NO3S/c1-6-24-13-19(3)14-25(7-2)28(24)29-30(34)26-15-23(18-36-32-33-20(4)21(5)37-32)16-27(26)31(29)35-17-22-11-9-8-10-12-22/h8-14,23,26-27H,6-7,15-18H2,1-5H3. The van der Waals surface area contributed by atoms with E-state index in [1.165, 1.54) is 21.6 Å². The van der Waals surface area contributed by atoms with E-state index in [1.807, 2.05) is 25.1 Å². The minimum atomic E-state index is -0.0372. The molecule has 0 bridgehead atoms. The Morgan fingerprint density at radius 3 is 2.24 bits per heavy atom. The predicted molar refractivity (Wildman–Crippen MR) is 150 cm³/mol. The first-order chi connectivity index (χ1) is 17.9. The van der Waals surface area contributed by atoms with Crippen LogP contribution in [0.1, 0.15) is 65.1 Å². The minimum absolute atomic E-state index is 0.0372. The van der Waals surface area contributed by atoms with E-state index in [0.29, 0.717) is 19.1 Å². The van der Waals surface area contributed by atoms with E-state index in [2.05, 4.69) is 56.9 Å². The summed E-state index contributed by atoms with van der Waals surface area (Å²) in [7, 11) is 0. The Labute approximate surface area is 224 Å². The van der Waals surface area contributed by atoms with Crippen molar-refractivity contribution in [2.75, 3.05) is 6.61 Å². The number of ketones is 1. The number of carbonyl (C=O) groups is 1. The normalized spacial score (nSPS) is 21.0. The van der Waals surface area contributed by atoms with Gasteiger partial charge >= 0.3 is 0 Å². The Morgan fingerprint density at radius 2 is 1.62 bits per heavy atom. The molecule has 1 heterocycles. The number of nitrogens with zero attached hydrogens (tertiary/aromatic N) is 1. The Hall–Kier alpha value is -2.92. The summed E-state index contributed by atoms with van der Waals surface area (Å²) in [6, 6.07) is 14.7. The van der Waals surface area contributed by atoms with Crippen LogP contribution in [-0.2, 0) is 29.0 Å². The zero-order valence-electron chi connectivity index (χ0n) is 22.6. The van der Waals surface area contributed by atoms with Crippen molar-refractivity contribution in [2.45, 2.75) is 66.9 Å². The number of hydrogen-bond acceptors (Lipinski definition) is 5. The minimum Gasteiger partial charge on any atom is -0.492 e. The highest BCUT2D eigenvalue weighted by atomic mass is 32.1. The topological polar surface area (TPSA) is 48.4 Å². The molecule has 194 valence electrons. The summed E-state index contributed by atoms with van der Waals surface area (Å²) in [4.78, 5) is 19.8. The Balaban J connectivity index is 1.47. The Kier molecular flexibility index (Phi) is 7.52. The summed E-state index contributed by atoms with van der Waals surface area (Å²) in [6.07, 6.45) is 3.53. The molecular formula is C32H37NO3S. The molecule has 0 saturated heterocycles. The lowest BCUT2D eigenvalue weighted by Crippen LogP contribution is -2.15. The lowest BCUT2D eigenvalue weighted by molar-refractivity contribution is -0.117. The summed E-state index contributed by atoms with van der Waals surface area (Å²) < 4.78 is 12.7. The molecule has 3 atom stereocenters. The van der Waals surface area contributed by atoms with E-state index >= 15 is 0 Å². The van der Waals surface area contributed by atoms with Crippen molar-refractivity contribution < 1.29 is 14.3 Å². The van der Waals surface area contributed by atoms with Crippen LogP contribution in [0.3, 0.4) is 0 Å². The number of aromatic nitrogens is 1.